The first-order valence-electron chi connectivity index (χ1n) is 24.8. The van der Waals surface area contributed by atoms with Crippen molar-refractivity contribution in [3.8, 4) is 45.1 Å². The molecule has 272 valence electrons. The van der Waals surface area contributed by atoms with Gasteiger partial charge in [0.1, 0.15) is 5.75 Å². The molecular weight excluding hydrogens is 707 g/mol. The number of fused-ring (bicyclic) bond motifs is 9. The molecule has 4 nitrogen and oxygen atoms in total. The second kappa shape index (κ2) is 12.6. The highest BCUT2D eigenvalue weighted by Crippen LogP contribution is 2.42. The van der Waals surface area contributed by atoms with Gasteiger partial charge in [-0.3, -0.25) is 0 Å². The van der Waals surface area contributed by atoms with E-state index in [1.807, 2.05) is 78.9 Å². The number of rotatable bonds is 5. The van der Waals surface area contributed by atoms with E-state index in [1.54, 1.807) is 4.57 Å². The lowest BCUT2D eigenvalue weighted by molar-refractivity contribution is 0.477. The molecule has 0 aliphatic heterocycles. The molecule has 58 heavy (non-hydrogen) atoms. The van der Waals surface area contributed by atoms with Gasteiger partial charge in [-0.1, -0.05) is 145 Å². The molecule has 0 saturated heterocycles. The van der Waals surface area contributed by atoms with E-state index in [0.29, 0.717) is 11.0 Å². The molecule has 3 aromatic heterocycles. The first-order valence-corrected chi connectivity index (χ1v) is 18.8. The van der Waals surface area contributed by atoms with E-state index < -0.39 is 101 Å². The number of aromatic hydroxyl groups is 1. The summed E-state index contributed by atoms with van der Waals surface area (Å²) >= 11 is 0. The standard InChI is InChI=1S/C54H35N3O/c58-53-33-37(35-13-2-1-3-14-35)27-31-40(53)36-25-28-38(29-26-36)55-47-20-8-4-17-43(47)45-32-30-39(34-52(45)55)56-48-21-9-7-18-44(48)46-19-12-24-51(54(46)56)57-49-22-10-5-15-41(49)42-16-6-11-23-50(42)57/h1-34,58H/i1D,2D,3D,13D,14D,25D,26D,27D,28D,29D,31D,33D. The van der Waals surface area contributed by atoms with Crippen molar-refractivity contribution in [1.82, 2.24) is 13.7 Å². The Balaban J connectivity index is 1.11. The number of hydrogen-bond acceptors (Lipinski definition) is 1. The van der Waals surface area contributed by atoms with Gasteiger partial charge in [-0.15, -0.1) is 0 Å². The summed E-state index contributed by atoms with van der Waals surface area (Å²) in [7, 11) is 0. The highest BCUT2D eigenvalue weighted by molar-refractivity contribution is 6.16. The number of aromatic nitrogens is 3. The van der Waals surface area contributed by atoms with Crippen molar-refractivity contribution >= 4 is 65.4 Å². The zero-order chi connectivity index (χ0) is 48.8. The van der Waals surface area contributed by atoms with Crippen LogP contribution >= 0.6 is 0 Å². The Morgan fingerprint density at radius 3 is 1.57 bits per heavy atom. The Hall–Kier alpha value is -7.82. The molecule has 0 saturated carbocycles. The van der Waals surface area contributed by atoms with E-state index in [0.717, 1.165) is 65.8 Å². The Morgan fingerprint density at radius 1 is 0.379 bits per heavy atom. The fourth-order valence-corrected chi connectivity index (χ4v) is 8.59. The molecule has 9 aromatic carbocycles. The molecular formula is C54H35N3O. The quantitative estimate of drug-likeness (QED) is 0.187. The summed E-state index contributed by atoms with van der Waals surface area (Å²) in [4.78, 5) is 0. The number of para-hydroxylation sites is 5. The highest BCUT2D eigenvalue weighted by Gasteiger charge is 2.21. The van der Waals surface area contributed by atoms with Crippen LogP contribution in [0.25, 0.3) is 105 Å². The van der Waals surface area contributed by atoms with E-state index in [9.17, 15) is 10.6 Å². The van der Waals surface area contributed by atoms with Gasteiger partial charge in [-0.05, 0) is 77.3 Å². The Morgan fingerprint density at radius 2 is 0.914 bits per heavy atom. The van der Waals surface area contributed by atoms with Crippen molar-refractivity contribution in [3.63, 3.8) is 0 Å². The summed E-state index contributed by atoms with van der Waals surface area (Å²) in [5.74, 6) is -1.01. The van der Waals surface area contributed by atoms with Crippen LogP contribution in [-0.4, -0.2) is 18.8 Å². The summed E-state index contributed by atoms with van der Waals surface area (Å²) in [6.45, 7) is 0. The van der Waals surface area contributed by atoms with Crippen LogP contribution in [0.1, 0.15) is 16.4 Å². The Bertz CT molecular complexity index is 4160. The molecule has 0 unspecified atom stereocenters. The van der Waals surface area contributed by atoms with Crippen LogP contribution in [0.3, 0.4) is 0 Å². The average molecular weight is 754 g/mol. The van der Waals surface area contributed by atoms with Gasteiger partial charge in [0.2, 0.25) is 0 Å². The van der Waals surface area contributed by atoms with E-state index in [2.05, 4.69) is 63.7 Å². The van der Waals surface area contributed by atoms with Crippen LogP contribution in [0, 0.1) is 0 Å². The third-order valence-electron chi connectivity index (χ3n) is 11.0. The molecule has 3 heterocycles. The fourth-order valence-electron chi connectivity index (χ4n) is 8.59. The number of phenols is 1. The minimum absolute atomic E-state index is 0.116. The molecule has 0 spiro atoms. The van der Waals surface area contributed by atoms with E-state index in [1.165, 1.54) is 0 Å². The normalized spacial score (nSPS) is 14.8. The zero-order valence-electron chi connectivity index (χ0n) is 42.5. The van der Waals surface area contributed by atoms with Crippen molar-refractivity contribution in [1.29, 1.82) is 0 Å². The number of hydrogen-bond donors (Lipinski definition) is 1. The molecule has 0 fully saturated rings. The van der Waals surface area contributed by atoms with Gasteiger partial charge >= 0.3 is 0 Å². The van der Waals surface area contributed by atoms with Gasteiger partial charge in [0.25, 0.3) is 0 Å². The largest absolute Gasteiger partial charge is 0.507 e. The summed E-state index contributed by atoms with van der Waals surface area (Å²) < 4.78 is 112. The van der Waals surface area contributed by atoms with Gasteiger partial charge in [0.05, 0.1) is 55.2 Å². The predicted octanol–water partition coefficient (Wildman–Crippen LogP) is 14.0. The third-order valence-corrected chi connectivity index (χ3v) is 11.0. The van der Waals surface area contributed by atoms with Gasteiger partial charge < -0.3 is 18.8 Å². The smallest absolute Gasteiger partial charge is 0.124 e. The fraction of sp³-hybridized carbons (Fsp3) is 0. The first kappa shape index (κ1) is 22.7. The topological polar surface area (TPSA) is 35.0 Å². The molecule has 12 rings (SSSR count). The maximum Gasteiger partial charge on any atom is 0.124 e. The summed E-state index contributed by atoms with van der Waals surface area (Å²) in [6, 6.07) is 36.1. The average Bonchev–Trinajstić information content (AvgIpc) is 4.02. The lowest BCUT2D eigenvalue weighted by Gasteiger charge is -2.15. The lowest BCUT2D eigenvalue weighted by atomic mass is 9.99. The minimum atomic E-state index is -1.01. The maximum absolute atomic E-state index is 11.7. The van der Waals surface area contributed by atoms with E-state index in [-0.39, 0.29) is 5.69 Å². The molecule has 0 amide bonds. The first-order chi connectivity index (χ1) is 33.7. The van der Waals surface area contributed by atoms with E-state index in [4.69, 9.17) is 11.0 Å². The molecule has 0 aliphatic carbocycles. The molecule has 12 aromatic rings. The zero-order valence-corrected chi connectivity index (χ0v) is 30.5. The van der Waals surface area contributed by atoms with Crippen LogP contribution in [0.4, 0.5) is 0 Å². The van der Waals surface area contributed by atoms with Crippen LogP contribution in [0.15, 0.2) is 206 Å². The molecule has 4 heteroatoms. The number of phenolic OH excluding ortho intramolecular Hbond substituents is 1. The lowest BCUT2D eigenvalue weighted by Crippen LogP contribution is -2.01. The monoisotopic (exact) mass is 753 g/mol. The van der Waals surface area contributed by atoms with Gasteiger partial charge in [-0.25, -0.2) is 0 Å². The third kappa shape index (κ3) is 4.76. The minimum Gasteiger partial charge on any atom is -0.507 e. The molecule has 1 N–H and O–H groups in total. The second-order valence-corrected chi connectivity index (χ2v) is 14.1. The van der Waals surface area contributed by atoms with Gasteiger partial charge in [0, 0.05) is 49.3 Å². The van der Waals surface area contributed by atoms with Crippen LogP contribution < -0.4 is 0 Å². The highest BCUT2D eigenvalue weighted by atomic mass is 16.3. The van der Waals surface area contributed by atoms with Gasteiger partial charge in [-0.2, -0.15) is 0 Å². The SMILES string of the molecule is [2H]c1c([2H])c([2H])c(-c2c([2H])c([2H])c(-c3c([2H])c([2H])c(-n4c5ccccc5c5ccc(-n6c7ccccc7c7cccc(-n8c9ccccc9c9ccccc98)c76)cc54)c([2H])c3[2H])c(O)c2[2H])c([2H])c1[2H]. The van der Waals surface area contributed by atoms with Crippen molar-refractivity contribution < 1.29 is 21.6 Å². The van der Waals surface area contributed by atoms with Crippen LogP contribution in [-0.2, 0) is 0 Å². The Labute approximate surface area is 351 Å². The summed E-state index contributed by atoms with van der Waals surface area (Å²) in [5.41, 5.74) is 4.37. The van der Waals surface area contributed by atoms with Crippen LogP contribution in [0.5, 0.6) is 5.75 Å². The van der Waals surface area contributed by atoms with Crippen molar-refractivity contribution in [2.75, 3.05) is 0 Å². The summed E-state index contributed by atoms with van der Waals surface area (Å²) in [5, 5.41) is 17.5. The van der Waals surface area contributed by atoms with Crippen molar-refractivity contribution in [2.45, 2.75) is 0 Å². The second-order valence-electron chi connectivity index (χ2n) is 14.1. The van der Waals surface area contributed by atoms with E-state index >= 15 is 0 Å². The molecule has 0 radical (unpaired) electrons. The number of benzene rings is 9. The predicted molar refractivity (Wildman–Crippen MR) is 242 cm³/mol. The van der Waals surface area contributed by atoms with Crippen LogP contribution in [0.2, 0.25) is 0 Å². The molecule has 0 atom stereocenters. The maximum atomic E-state index is 11.7. The van der Waals surface area contributed by atoms with Crippen molar-refractivity contribution in [2.24, 2.45) is 0 Å². The molecule has 0 aliphatic rings. The van der Waals surface area contributed by atoms with Gasteiger partial charge in [0.15, 0.2) is 0 Å². The summed E-state index contributed by atoms with van der Waals surface area (Å²) in [6.07, 6.45) is 0. The van der Waals surface area contributed by atoms with Crippen molar-refractivity contribution in [3.05, 3.63) is 206 Å². The number of nitrogens with zero attached hydrogens (tertiary/aromatic N) is 3. The Kier molecular flexibility index (Phi) is 4.92. The molecule has 0 bridgehead atoms.